The van der Waals surface area contributed by atoms with E-state index in [0.717, 1.165) is 180 Å². The first kappa shape index (κ1) is 100. The van der Waals surface area contributed by atoms with E-state index >= 15 is 0 Å². The van der Waals surface area contributed by atoms with Gasteiger partial charge < -0.3 is 33.8 Å². The van der Waals surface area contributed by atoms with E-state index in [0.29, 0.717) is 25.7 Å². The van der Waals surface area contributed by atoms with Gasteiger partial charge in [-0.05, 0) is 154 Å². The van der Waals surface area contributed by atoms with E-state index in [1.165, 1.54) is 38.5 Å². The first-order valence-corrected chi connectivity index (χ1v) is 43.4. The zero-order chi connectivity index (χ0) is 77.4. The summed E-state index contributed by atoms with van der Waals surface area (Å²) in [5.41, 5.74) is 0. The molecule has 0 aromatic heterocycles. The maximum absolute atomic E-state index is 13.1. The molecular formula is C87H142O17P2. The van der Waals surface area contributed by atoms with Crippen molar-refractivity contribution >= 4 is 39.5 Å². The molecule has 5 unspecified atom stereocenters. The number of unbranched alkanes of at least 4 members (excludes halogenated alkanes) is 21. The number of rotatable bonds is 74. The Morgan fingerprint density at radius 2 is 0.528 bits per heavy atom. The lowest BCUT2D eigenvalue weighted by Crippen LogP contribution is -2.30. The highest BCUT2D eigenvalue weighted by molar-refractivity contribution is 7.47. The molecule has 0 aliphatic rings. The molecule has 0 heterocycles. The Morgan fingerprint density at radius 1 is 0.283 bits per heavy atom. The lowest BCUT2D eigenvalue weighted by Gasteiger charge is -2.21. The number of ether oxygens (including phenoxy) is 4. The monoisotopic (exact) mass is 1520 g/mol. The molecular weight excluding hydrogens is 1380 g/mol. The zero-order valence-corrected chi connectivity index (χ0v) is 67.6. The molecule has 0 saturated heterocycles. The summed E-state index contributed by atoms with van der Waals surface area (Å²) >= 11 is 0. The number of aliphatic hydroxyl groups is 1. The van der Waals surface area contributed by atoms with Crippen LogP contribution in [0.1, 0.15) is 297 Å². The number of hydrogen-bond donors (Lipinski definition) is 3. The molecule has 0 radical (unpaired) electrons. The zero-order valence-electron chi connectivity index (χ0n) is 65.8. The molecule has 0 spiro atoms. The van der Waals surface area contributed by atoms with Gasteiger partial charge in [0.25, 0.3) is 0 Å². The van der Waals surface area contributed by atoms with Crippen LogP contribution < -0.4 is 0 Å². The van der Waals surface area contributed by atoms with Gasteiger partial charge in [-0.2, -0.15) is 0 Å². The summed E-state index contributed by atoms with van der Waals surface area (Å²) in [6.07, 6.45) is 92.2. The number of phosphoric ester groups is 2. The molecule has 0 aromatic carbocycles. The molecule has 19 heteroatoms. The van der Waals surface area contributed by atoms with Crippen molar-refractivity contribution in [1.82, 2.24) is 0 Å². The third-order valence-electron chi connectivity index (χ3n) is 16.2. The normalized spacial score (nSPS) is 14.7. The van der Waals surface area contributed by atoms with Crippen molar-refractivity contribution in [3.05, 3.63) is 170 Å². The third-order valence-corrected chi connectivity index (χ3v) is 18.1. The van der Waals surface area contributed by atoms with Crippen molar-refractivity contribution in [2.45, 2.75) is 316 Å². The van der Waals surface area contributed by atoms with Gasteiger partial charge in [0.2, 0.25) is 0 Å². The second kappa shape index (κ2) is 77.6. The summed E-state index contributed by atoms with van der Waals surface area (Å²) in [5.74, 6) is -2.38. The molecule has 5 atom stereocenters. The second-order valence-electron chi connectivity index (χ2n) is 26.2. The van der Waals surface area contributed by atoms with Crippen LogP contribution in [0.15, 0.2) is 170 Å². The van der Waals surface area contributed by atoms with Gasteiger partial charge in [0.05, 0.1) is 32.8 Å². The van der Waals surface area contributed by atoms with Gasteiger partial charge in [0.15, 0.2) is 12.2 Å². The van der Waals surface area contributed by atoms with Gasteiger partial charge in [-0.15, -0.1) is 0 Å². The summed E-state index contributed by atoms with van der Waals surface area (Å²) in [7, 11) is -10.0. The number of hydrogen-bond acceptors (Lipinski definition) is 15. The molecule has 0 rings (SSSR count). The quantitative estimate of drug-likeness (QED) is 0.0169. The summed E-state index contributed by atoms with van der Waals surface area (Å²) in [5, 5.41) is 10.6. The first-order chi connectivity index (χ1) is 51.7. The summed E-state index contributed by atoms with van der Waals surface area (Å²) in [6, 6.07) is 0. The predicted octanol–water partition coefficient (Wildman–Crippen LogP) is 23.8. The van der Waals surface area contributed by atoms with Gasteiger partial charge in [-0.1, -0.05) is 288 Å². The SMILES string of the molecule is CC/C=C\C/C=C\C/C=C\C/C=C\C/C=C\CC(=O)OC(COC(=O)CCCCCCCC/C=C\C/C=C\C/C=C\C/C=C\CC)COP(=O)(O)OCC(O)COP(=O)(O)OCC(COC(=O)CCCCCC/C=C\C/C=C\C/C=C\C/C=C\CC)OC(=O)CCCCCCC/C=C\CCCCCCCC. The van der Waals surface area contributed by atoms with Crippen LogP contribution in [0.5, 0.6) is 0 Å². The summed E-state index contributed by atoms with van der Waals surface area (Å²) < 4.78 is 68.5. The van der Waals surface area contributed by atoms with Crippen LogP contribution in [0.4, 0.5) is 0 Å². The average Bonchev–Trinajstić information content (AvgIpc) is 0.902. The van der Waals surface area contributed by atoms with E-state index in [2.05, 4.69) is 174 Å². The van der Waals surface area contributed by atoms with E-state index in [1.54, 1.807) is 12.2 Å². The lowest BCUT2D eigenvalue weighted by molar-refractivity contribution is -0.161. The topological polar surface area (TPSA) is 237 Å². The smallest absolute Gasteiger partial charge is 0.462 e. The number of aliphatic hydroxyl groups excluding tert-OH is 1. The van der Waals surface area contributed by atoms with Crippen LogP contribution in [-0.4, -0.2) is 96.7 Å². The fourth-order valence-electron chi connectivity index (χ4n) is 10.2. The van der Waals surface area contributed by atoms with Gasteiger partial charge in [-0.3, -0.25) is 37.3 Å². The van der Waals surface area contributed by atoms with E-state index in [4.69, 9.17) is 37.0 Å². The predicted molar refractivity (Wildman–Crippen MR) is 436 cm³/mol. The molecule has 0 aromatic rings. The lowest BCUT2D eigenvalue weighted by atomic mass is 10.1. The van der Waals surface area contributed by atoms with E-state index in [1.807, 2.05) is 12.2 Å². The molecule has 106 heavy (non-hydrogen) atoms. The van der Waals surface area contributed by atoms with Crippen molar-refractivity contribution in [3.63, 3.8) is 0 Å². The maximum Gasteiger partial charge on any atom is 0.472 e. The van der Waals surface area contributed by atoms with Gasteiger partial charge >= 0.3 is 39.5 Å². The van der Waals surface area contributed by atoms with Gasteiger partial charge in [0, 0.05) is 19.3 Å². The minimum atomic E-state index is -5.02. The number of allylic oxidation sites excluding steroid dienone is 27. The molecule has 0 fully saturated rings. The molecule has 0 saturated carbocycles. The van der Waals surface area contributed by atoms with Crippen molar-refractivity contribution < 1.29 is 80.2 Å². The van der Waals surface area contributed by atoms with Gasteiger partial charge in [0.1, 0.15) is 19.3 Å². The number of phosphoric acid groups is 2. The van der Waals surface area contributed by atoms with Crippen molar-refractivity contribution in [1.29, 1.82) is 0 Å². The Hall–Kier alpha value is -5.58. The van der Waals surface area contributed by atoms with E-state index < -0.39 is 97.5 Å². The number of carbonyl (C=O) groups excluding carboxylic acids is 4. The van der Waals surface area contributed by atoms with Crippen LogP contribution >= 0.6 is 15.6 Å². The van der Waals surface area contributed by atoms with Crippen LogP contribution in [0.25, 0.3) is 0 Å². The number of esters is 4. The average molecular weight is 1520 g/mol. The Bertz CT molecular complexity index is 2680. The van der Waals surface area contributed by atoms with Crippen molar-refractivity contribution in [2.24, 2.45) is 0 Å². The first-order valence-electron chi connectivity index (χ1n) is 40.4. The maximum atomic E-state index is 13.1. The van der Waals surface area contributed by atoms with Crippen LogP contribution in [0.2, 0.25) is 0 Å². The summed E-state index contributed by atoms with van der Waals surface area (Å²) in [4.78, 5) is 73.0. The van der Waals surface area contributed by atoms with E-state index in [-0.39, 0.29) is 25.7 Å². The Morgan fingerprint density at radius 3 is 0.849 bits per heavy atom. The van der Waals surface area contributed by atoms with Crippen LogP contribution in [0.3, 0.4) is 0 Å². The molecule has 17 nitrogen and oxygen atoms in total. The van der Waals surface area contributed by atoms with Crippen molar-refractivity contribution in [2.75, 3.05) is 39.6 Å². The standard InChI is InChI=1S/C87H142O17P2/c1-5-9-13-17-21-25-29-33-37-39-40-42-46-48-52-56-60-64-68-72-85(90)98-78-83(104-87(92)74-70-66-62-58-54-50-44-36-32-28-24-20-16-12-8-4)80-102-106(95,96)100-76-81(88)75-99-105(93,94)101-79-82(103-86(91)73-69-65-61-57-53-49-43-35-31-27-23-19-15-11-7-3)77-97-84(89)71-67-63-59-55-51-47-45-41-38-34-30-26-22-18-14-10-6-2/h9-10,12-14,16,21-22,24-26,28,33-38,40,42-45,47,54,58,66,70,81-83,88H,5-8,11,15,17-20,23,27,29-32,39,41,46,48-53,55-57,59-65,67-69,71-80H2,1-4H3,(H,93,94)(H,95,96)/b13-9-,14-10-,16-12-,25-21-,26-22-,28-24-,37-33-,38-34-,42-40-,43-35-,44-36-,47-45-,58-54-,70-66-. The molecule has 0 bridgehead atoms. The van der Waals surface area contributed by atoms with Crippen LogP contribution in [0, 0.1) is 0 Å². The molecule has 3 N–H and O–H groups in total. The molecule has 602 valence electrons. The highest BCUT2D eigenvalue weighted by Crippen LogP contribution is 2.45. The highest BCUT2D eigenvalue weighted by Gasteiger charge is 2.30. The van der Waals surface area contributed by atoms with Gasteiger partial charge in [-0.25, -0.2) is 9.13 Å². The van der Waals surface area contributed by atoms with Crippen molar-refractivity contribution in [3.8, 4) is 0 Å². The summed E-state index contributed by atoms with van der Waals surface area (Å²) in [6.45, 7) is 4.36. The minimum Gasteiger partial charge on any atom is -0.462 e. The fraction of sp³-hybridized carbons (Fsp3) is 0.632. The van der Waals surface area contributed by atoms with Crippen LogP contribution in [-0.2, 0) is 65.4 Å². The fourth-order valence-corrected chi connectivity index (χ4v) is 11.7. The Balaban J connectivity index is 5.47. The highest BCUT2D eigenvalue weighted by atomic mass is 31.2. The Kier molecular flexibility index (Phi) is 73.5. The third kappa shape index (κ3) is 76.6. The number of carbonyl (C=O) groups is 4. The second-order valence-corrected chi connectivity index (χ2v) is 29.1. The molecule has 0 amide bonds. The van der Waals surface area contributed by atoms with E-state index in [9.17, 15) is 43.2 Å². The molecule has 0 aliphatic heterocycles. The molecule has 0 aliphatic carbocycles. The minimum absolute atomic E-state index is 0.0718. The Labute approximate surface area is 642 Å². The largest absolute Gasteiger partial charge is 0.472 e.